The summed E-state index contributed by atoms with van der Waals surface area (Å²) >= 11 is 0. The highest BCUT2D eigenvalue weighted by molar-refractivity contribution is 5.87. The van der Waals surface area contributed by atoms with Gasteiger partial charge in [-0.25, -0.2) is 15.0 Å². The van der Waals surface area contributed by atoms with Gasteiger partial charge in [-0.15, -0.1) is 0 Å². The van der Waals surface area contributed by atoms with Gasteiger partial charge in [0.2, 0.25) is 5.89 Å². The molecule has 45 heavy (non-hydrogen) atoms. The highest BCUT2D eigenvalue weighted by Gasteiger charge is 2.15. The molecule has 7 rings (SSSR count). The summed E-state index contributed by atoms with van der Waals surface area (Å²) in [6.07, 6.45) is 6.96. The maximum atomic E-state index is 6.30. The molecule has 0 aliphatic rings. The number of hydrogen-bond donors (Lipinski definition) is 0. The third-order valence-electron chi connectivity index (χ3n) is 8.55. The number of aromatic nitrogens is 3. The fraction of sp³-hybridized carbons (Fsp3) is 0.195. The molecule has 0 saturated heterocycles. The van der Waals surface area contributed by atoms with Crippen LogP contribution >= 0.6 is 0 Å². The van der Waals surface area contributed by atoms with Crippen LogP contribution in [0.5, 0.6) is 0 Å². The highest BCUT2D eigenvalue weighted by atomic mass is 16.3. The molecule has 4 nitrogen and oxygen atoms in total. The van der Waals surface area contributed by atoms with Crippen molar-refractivity contribution in [1.29, 1.82) is 0 Å². The predicted molar refractivity (Wildman–Crippen MR) is 186 cm³/mol. The average molecular weight is 588 g/mol. The summed E-state index contributed by atoms with van der Waals surface area (Å²) in [6.45, 7) is 4.49. The summed E-state index contributed by atoms with van der Waals surface area (Å²) in [7, 11) is 0. The first-order chi connectivity index (χ1) is 22.2. The van der Waals surface area contributed by atoms with Crippen LogP contribution in [-0.2, 0) is 12.8 Å². The molecule has 0 amide bonds. The van der Waals surface area contributed by atoms with E-state index in [1.165, 1.54) is 36.8 Å². The van der Waals surface area contributed by atoms with Crippen LogP contribution in [-0.4, -0.2) is 15.0 Å². The first kappa shape index (κ1) is 28.7. The SMILES string of the molecule is CCCCc1cc2nc(-c3ccc(-c4ccc(-c5nc6ccccc6nc5-c5ccccc5)cc4)cc3)oc2cc1CCCC. The number of rotatable bonds is 10. The molecule has 7 aromatic rings. The largest absolute Gasteiger partial charge is 0.436 e. The number of fused-ring (bicyclic) bond motifs is 2. The van der Waals surface area contributed by atoms with Crippen molar-refractivity contribution >= 4 is 22.1 Å². The van der Waals surface area contributed by atoms with Crippen molar-refractivity contribution in [2.24, 2.45) is 0 Å². The fourth-order valence-corrected chi connectivity index (χ4v) is 6.01. The Morgan fingerprint density at radius 3 is 1.53 bits per heavy atom. The highest BCUT2D eigenvalue weighted by Crippen LogP contribution is 2.34. The van der Waals surface area contributed by atoms with E-state index < -0.39 is 0 Å². The number of benzene rings is 5. The molecule has 0 aliphatic heterocycles. The summed E-state index contributed by atoms with van der Waals surface area (Å²) in [5.74, 6) is 0.671. The Morgan fingerprint density at radius 2 is 0.956 bits per heavy atom. The van der Waals surface area contributed by atoms with Crippen LogP contribution in [0.1, 0.15) is 50.7 Å². The number of unbranched alkanes of at least 4 members (excludes halogenated alkanes) is 2. The van der Waals surface area contributed by atoms with Gasteiger partial charge < -0.3 is 4.42 Å². The Balaban J connectivity index is 1.17. The van der Waals surface area contributed by atoms with E-state index in [0.717, 1.165) is 74.2 Å². The minimum absolute atomic E-state index is 0.671. The third-order valence-corrected chi connectivity index (χ3v) is 8.55. The van der Waals surface area contributed by atoms with E-state index in [4.69, 9.17) is 19.4 Å². The van der Waals surface area contributed by atoms with Gasteiger partial charge in [0.05, 0.1) is 22.4 Å². The van der Waals surface area contributed by atoms with Crippen molar-refractivity contribution in [2.75, 3.05) is 0 Å². The summed E-state index contributed by atoms with van der Waals surface area (Å²) in [6, 6.07) is 39.9. The van der Waals surface area contributed by atoms with E-state index in [0.29, 0.717) is 5.89 Å². The van der Waals surface area contributed by atoms with Crippen LogP contribution in [0.25, 0.3) is 67.2 Å². The maximum absolute atomic E-state index is 6.30. The first-order valence-electron chi connectivity index (χ1n) is 16.2. The average Bonchev–Trinajstić information content (AvgIpc) is 3.52. The van der Waals surface area contributed by atoms with Crippen LogP contribution in [0.4, 0.5) is 0 Å². The zero-order chi connectivity index (χ0) is 30.6. The third kappa shape index (κ3) is 6.01. The second-order valence-corrected chi connectivity index (χ2v) is 11.7. The summed E-state index contributed by atoms with van der Waals surface area (Å²) in [4.78, 5) is 15.0. The number of nitrogens with zero attached hydrogens (tertiary/aromatic N) is 3. The van der Waals surface area contributed by atoms with Crippen LogP contribution in [0, 0.1) is 0 Å². The Hall–Kier alpha value is -5.09. The fourth-order valence-electron chi connectivity index (χ4n) is 6.01. The summed E-state index contributed by atoms with van der Waals surface area (Å²) in [5.41, 5.74) is 13.6. The molecular formula is C41H37N3O. The molecule has 0 radical (unpaired) electrons. The Kier molecular flexibility index (Phi) is 8.20. The standard InChI is InChI=1S/C41H37N3O/c1-3-5-12-33-26-37-38(27-34(33)13-6-4-2)45-41(44-37)32-24-20-29(21-25-32)28-18-22-31(23-19-28)40-39(30-14-8-7-9-15-30)42-35-16-10-11-17-36(35)43-40/h7-11,14-27H,3-6,12-13H2,1-2H3. The number of para-hydroxylation sites is 2. The molecule has 0 atom stereocenters. The molecule has 4 heteroatoms. The second kappa shape index (κ2) is 12.9. The van der Waals surface area contributed by atoms with E-state index >= 15 is 0 Å². The van der Waals surface area contributed by atoms with Crippen molar-refractivity contribution in [3.05, 3.63) is 126 Å². The lowest BCUT2D eigenvalue weighted by atomic mass is 9.97. The van der Waals surface area contributed by atoms with Crippen LogP contribution in [0.3, 0.4) is 0 Å². The zero-order valence-corrected chi connectivity index (χ0v) is 26.0. The molecule has 0 aliphatic carbocycles. The van der Waals surface area contributed by atoms with E-state index in [9.17, 15) is 0 Å². The van der Waals surface area contributed by atoms with Gasteiger partial charge in [0.15, 0.2) is 5.58 Å². The second-order valence-electron chi connectivity index (χ2n) is 11.7. The van der Waals surface area contributed by atoms with Crippen molar-refractivity contribution in [2.45, 2.75) is 52.4 Å². The molecule has 2 aromatic heterocycles. The topological polar surface area (TPSA) is 51.8 Å². The Morgan fingerprint density at radius 1 is 0.467 bits per heavy atom. The van der Waals surface area contributed by atoms with Crippen molar-refractivity contribution < 1.29 is 4.42 Å². The molecule has 0 saturated carbocycles. The monoisotopic (exact) mass is 587 g/mol. The van der Waals surface area contributed by atoms with Gasteiger partial charge in [-0.1, -0.05) is 106 Å². The molecule has 5 aromatic carbocycles. The minimum atomic E-state index is 0.671. The molecular weight excluding hydrogens is 550 g/mol. The molecule has 2 heterocycles. The van der Waals surface area contributed by atoms with Crippen LogP contribution < -0.4 is 0 Å². The van der Waals surface area contributed by atoms with E-state index in [1.807, 2.05) is 42.5 Å². The van der Waals surface area contributed by atoms with Crippen molar-refractivity contribution in [3.8, 4) is 45.1 Å². The molecule has 222 valence electrons. The molecule has 0 unspecified atom stereocenters. The quantitative estimate of drug-likeness (QED) is 0.160. The van der Waals surface area contributed by atoms with Gasteiger partial charge in [0, 0.05) is 16.7 Å². The lowest BCUT2D eigenvalue weighted by Gasteiger charge is -2.11. The van der Waals surface area contributed by atoms with Gasteiger partial charge in [-0.2, -0.15) is 0 Å². The number of hydrogen-bond acceptors (Lipinski definition) is 4. The summed E-state index contributed by atoms with van der Waals surface area (Å²) in [5, 5.41) is 0. The number of oxazole rings is 1. The lowest BCUT2D eigenvalue weighted by Crippen LogP contribution is -1.95. The predicted octanol–water partition coefficient (Wildman–Crippen LogP) is 11.1. The van der Waals surface area contributed by atoms with Crippen LogP contribution in [0.2, 0.25) is 0 Å². The van der Waals surface area contributed by atoms with Crippen molar-refractivity contribution in [3.63, 3.8) is 0 Å². The molecule has 0 spiro atoms. The zero-order valence-electron chi connectivity index (χ0n) is 26.0. The number of aryl methyl sites for hydroxylation is 2. The van der Waals surface area contributed by atoms with E-state index in [-0.39, 0.29) is 0 Å². The van der Waals surface area contributed by atoms with Gasteiger partial charge in [-0.3, -0.25) is 0 Å². The normalized spacial score (nSPS) is 11.4. The van der Waals surface area contributed by atoms with Gasteiger partial charge in [-0.05, 0) is 84.3 Å². The van der Waals surface area contributed by atoms with Crippen LogP contribution in [0.15, 0.2) is 120 Å². The Bertz CT molecular complexity index is 2010. The van der Waals surface area contributed by atoms with E-state index in [2.05, 4.69) is 86.6 Å². The Labute approximate surface area is 264 Å². The molecule has 0 bridgehead atoms. The van der Waals surface area contributed by atoms with Gasteiger partial charge in [0.25, 0.3) is 0 Å². The lowest BCUT2D eigenvalue weighted by molar-refractivity contribution is 0.618. The maximum Gasteiger partial charge on any atom is 0.227 e. The van der Waals surface area contributed by atoms with Crippen molar-refractivity contribution in [1.82, 2.24) is 15.0 Å². The smallest absolute Gasteiger partial charge is 0.227 e. The van der Waals surface area contributed by atoms with E-state index in [1.54, 1.807) is 0 Å². The first-order valence-corrected chi connectivity index (χ1v) is 16.2. The van der Waals surface area contributed by atoms with Gasteiger partial charge >= 0.3 is 0 Å². The summed E-state index contributed by atoms with van der Waals surface area (Å²) < 4.78 is 6.30. The molecule has 0 N–H and O–H groups in total. The minimum Gasteiger partial charge on any atom is -0.436 e. The molecule has 0 fully saturated rings. The van der Waals surface area contributed by atoms with Gasteiger partial charge in [0.1, 0.15) is 5.52 Å².